The Hall–Kier alpha value is -4.64. The lowest BCUT2D eigenvalue weighted by Crippen LogP contribution is -2.29. The monoisotopic (exact) mass is 593 g/mol. The molecule has 0 spiro atoms. The summed E-state index contributed by atoms with van der Waals surface area (Å²) < 4.78 is 35.0. The first-order chi connectivity index (χ1) is 20.2. The topological polar surface area (TPSA) is 115 Å². The Morgan fingerprint density at radius 3 is 2.67 bits per heavy atom. The molecule has 2 aromatic heterocycles. The molecule has 1 aliphatic rings. The molecule has 0 aliphatic carbocycles. The van der Waals surface area contributed by atoms with Crippen LogP contribution in [0.2, 0.25) is 5.02 Å². The zero-order valence-electron chi connectivity index (χ0n) is 22.7. The number of pyridine rings is 1. The Morgan fingerprint density at radius 1 is 1.10 bits per heavy atom. The van der Waals surface area contributed by atoms with Crippen LogP contribution in [0.15, 0.2) is 65.7 Å². The number of amides is 2. The van der Waals surface area contributed by atoms with Crippen molar-refractivity contribution in [3.05, 3.63) is 93.6 Å². The van der Waals surface area contributed by atoms with Crippen molar-refractivity contribution in [1.82, 2.24) is 14.8 Å². The van der Waals surface area contributed by atoms with Gasteiger partial charge >= 0.3 is 6.09 Å². The van der Waals surface area contributed by atoms with Crippen molar-refractivity contribution in [3.63, 3.8) is 0 Å². The molecule has 1 aliphatic heterocycles. The minimum atomic E-state index is -0.980. The van der Waals surface area contributed by atoms with E-state index in [0.29, 0.717) is 47.5 Å². The Kier molecular flexibility index (Phi) is 8.30. The summed E-state index contributed by atoms with van der Waals surface area (Å²) in [5.41, 5.74) is 1.74. The zero-order chi connectivity index (χ0) is 30.0. The number of fused-ring (bicyclic) bond motifs is 4. The second-order valence-corrected chi connectivity index (χ2v) is 10.3. The Balaban J connectivity index is 1.59. The predicted molar refractivity (Wildman–Crippen MR) is 154 cm³/mol. The lowest BCUT2D eigenvalue weighted by molar-refractivity contribution is -0.119. The largest absolute Gasteiger partial charge is 0.453 e. The number of carbonyl (C=O) groups excluding carboxylic acids is 2. The van der Waals surface area contributed by atoms with Crippen molar-refractivity contribution in [2.75, 3.05) is 17.7 Å². The van der Waals surface area contributed by atoms with Crippen LogP contribution in [0.4, 0.5) is 25.0 Å². The SMILES string of the molecule is COC(=O)Nc1ccc2c(c1)NC(=O)C(C)CCCC(n1ncc(-c3c(F)ccc(Cl)c3F)cc1=O)c1cc-2ccn1. The molecule has 9 nitrogen and oxygen atoms in total. The van der Waals surface area contributed by atoms with Crippen LogP contribution < -0.4 is 16.2 Å². The van der Waals surface area contributed by atoms with Crippen LogP contribution in [-0.2, 0) is 9.53 Å². The van der Waals surface area contributed by atoms with Crippen LogP contribution >= 0.6 is 11.6 Å². The molecule has 12 heteroatoms. The molecule has 0 radical (unpaired) electrons. The third-order valence-electron chi connectivity index (χ3n) is 7.16. The van der Waals surface area contributed by atoms with Gasteiger partial charge in [-0.05, 0) is 54.8 Å². The molecule has 5 rings (SSSR count). The van der Waals surface area contributed by atoms with Gasteiger partial charge in [0, 0.05) is 35.0 Å². The van der Waals surface area contributed by atoms with Crippen LogP contribution in [0.25, 0.3) is 22.3 Å². The van der Waals surface area contributed by atoms with E-state index in [1.807, 2.05) is 0 Å². The second-order valence-electron chi connectivity index (χ2n) is 9.93. The average molecular weight is 594 g/mol. The van der Waals surface area contributed by atoms with Crippen LogP contribution in [0.1, 0.15) is 37.9 Å². The van der Waals surface area contributed by atoms with Crippen LogP contribution in [-0.4, -0.2) is 33.9 Å². The summed E-state index contributed by atoms with van der Waals surface area (Å²) in [6.45, 7) is 1.80. The summed E-state index contributed by atoms with van der Waals surface area (Å²) in [7, 11) is 1.25. The fourth-order valence-corrected chi connectivity index (χ4v) is 5.08. The number of anilines is 2. The number of nitrogens with zero attached hydrogens (tertiary/aromatic N) is 3. The molecule has 2 N–H and O–H groups in total. The van der Waals surface area contributed by atoms with Gasteiger partial charge in [0.15, 0.2) is 5.82 Å². The highest BCUT2D eigenvalue weighted by Gasteiger charge is 2.24. The highest BCUT2D eigenvalue weighted by atomic mass is 35.5. The summed E-state index contributed by atoms with van der Waals surface area (Å²) >= 11 is 5.84. The van der Waals surface area contributed by atoms with E-state index < -0.39 is 34.9 Å². The number of ether oxygens (including phenoxy) is 1. The normalized spacial score (nSPS) is 16.8. The van der Waals surface area contributed by atoms with Crippen molar-refractivity contribution >= 4 is 35.0 Å². The number of nitrogens with one attached hydrogen (secondary N) is 2. The molecule has 2 aromatic carbocycles. The lowest BCUT2D eigenvalue weighted by Gasteiger charge is -2.22. The Labute approximate surface area is 244 Å². The number of hydrogen-bond acceptors (Lipinski definition) is 6. The standard InChI is InChI=1S/C30H26ClF2N5O4/c1-16-4-3-5-25(38-26(39)13-18(15-35-38)27-22(32)9-8-21(31)28(27)33)24-12-17(10-11-34-24)20-7-6-19(36-30(41)42-2)14-23(20)37-29(16)40/h6-16,25H,3-5H2,1-2H3,(H,36,41)(H,37,40). The summed E-state index contributed by atoms with van der Waals surface area (Å²) in [4.78, 5) is 42.7. The van der Waals surface area contributed by atoms with Gasteiger partial charge in [-0.25, -0.2) is 18.3 Å². The molecular weight excluding hydrogens is 568 g/mol. The van der Waals surface area contributed by atoms with Gasteiger partial charge in [-0.2, -0.15) is 5.10 Å². The second kappa shape index (κ2) is 12.1. The van der Waals surface area contributed by atoms with E-state index in [0.717, 1.165) is 18.2 Å². The Morgan fingerprint density at radius 2 is 1.90 bits per heavy atom. The first-order valence-electron chi connectivity index (χ1n) is 13.1. The molecule has 3 heterocycles. The van der Waals surface area contributed by atoms with Gasteiger partial charge in [0.1, 0.15) is 5.82 Å². The van der Waals surface area contributed by atoms with E-state index >= 15 is 0 Å². The van der Waals surface area contributed by atoms with Crippen LogP contribution in [0.5, 0.6) is 0 Å². The van der Waals surface area contributed by atoms with Crippen molar-refractivity contribution in [3.8, 4) is 22.3 Å². The van der Waals surface area contributed by atoms with Crippen molar-refractivity contribution < 1.29 is 23.1 Å². The molecule has 2 bridgehead atoms. The fourth-order valence-electron chi connectivity index (χ4n) is 4.92. The number of halogens is 3. The minimum Gasteiger partial charge on any atom is -0.453 e. The number of rotatable bonds is 3. The highest BCUT2D eigenvalue weighted by Crippen LogP contribution is 2.35. The van der Waals surface area contributed by atoms with E-state index in [4.69, 9.17) is 11.6 Å². The van der Waals surface area contributed by atoms with E-state index in [1.165, 1.54) is 18.0 Å². The maximum atomic E-state index is 14.6. The maximum absolute atomic E-state index is 14.6. The average Bonchev–Trinajstić information content (AvgIpc) is 2.97. The van der Waals surface area contributed by atoms with E-state index in [1.54, 1.807) is 43.5 Å². The fraction of sp³-hybridized carbons (Fsp3) is 0.233. The summed E-state index contributed by atoms with van der Waals surface area (Å²) in [5.74, 6) is -2.43. The van der Waals surface area contributed by atoms with Gasteiger partial charge in [0.05, 0.1) is 41.3 Å². The molecule has 42 heavy (non-hydrogen) atoms. The number of methoxy groups -OCH3 is 1. The minimum absolute atomic E-state index is 0.0424. The van der Waals surface area contributed by atoms with Gasteiger partial charge in [0.25, 0.3) is 5.56 Å². The predicted octanol–water partition coefficient (Wildman–Crippen LogP) is 6.43. The number of carbonyl (C=O) groups is 2. The van der Waals surface area contributed by atoms with E-state index in [9.17, 15) is 23.2 Å². The van der Waals surface area contributed by atoms with Gasteiger partial charge in [0.2, 0.25) is 5.91 Å². The third kappa shape index (κ3) is 5.87. The first-order valence-corrected chi connectivity index (χ1v) is 13.5. The third-order valence-corrected chi connectivity index (χ3v) is 7.45. The van der Waals surface area contributed by atoms with Crippen molar-refractivity contribution in [2.45, 2.75) is 32.2 Å². The van der Waals surface area contributed by atoms with Crippen molar-refractivity contribution in [2.24, 2.45) is 5.92 Å². The first kappa shape index (κ1) is 28.9. The van der Waals surface area contributed by atoms with Gasteiger partial charge in [-0.1, -0.05) is 31.0 Å². The van der Waals surface area contributed by atoms with Crippen molar-refractivity contribution in [1.29, 1.82) is 0 Å². The highest BCUT2D eigenvalue weighted by molar-refractivity contribution is 6.31. The lowest BCUT2D eigenvalue weighted by atomic mass is 9.95. The zero-order valence-corrected chi connectivity index (χ0v) is 23.4. The molecule has 4 aromatic rings. The number of benzene rings is 2. The quantitative estimate of drug-likeness (QED) is 0.265. The van der Waals surface area contributed by atoms with Gasteiger partial charge in [-0.15, -0.1) is 0 Å². The van der Waals surface area contributed by atoms with Crippen LogP contribution in [0.3, 0.4) is 0 Å². The molecule has 2 atom stereocenters. The van der Waals surface area contributed by atoms with Crippen LogP contribution in [0, 0.1) is 17.6 Å². The van der Waals surface area contributed by atoms with Gasteiger partial charge in [-0.3, -0.25) is 19.9 Å². The molecular formula is C30H26ClF2N5O4. The molecule has 216 valence electrons. The van der Waals surface area contributed by atoms with Gasteiger partial charge < -0.3 is 10.1 Å². The smallest absolute Gasteiger partial charge is 0.411 e. The van der Waals surface area contributed by atoms with E-state index in [-0.39, 0.29) is 22.4 Å². The number of hydrogen-bond donors (Lipinski definition) is 2. The summed E-state index contributed by atoms with van der Waals surface area (Å²) in [6.07, 6.45) is 3.64. The maximum Gasteiger partial charge on any atom is 0.411 e. The summed E-state index contributed by atoms with van der Waals surface area (Å²) in [6, 6.07) is 11.2. The molecule has 2 amide bonds. The molecule has 0 fully saturated rings. The summed E-state index contributed by atoms with van der Waals surface area (Å²) in [5, 5.41) is 9.58. The number of aromatic nitrogens is 3. The molecule has 0 saturated carbocycles. The Bertz CT molecular complexity index is 1750. The molecule has 0 saturated heterocycles. The molecule has 2 unspecified atom stereocenters. The van der Waals surface area contributed by atoms with E-state index in [2.05, 4.69) is 25.5 Å².